The first-order valence-electron chi connectivity index (χ1n) is 32.9. The molecule has 0 heterocycles. The predicted octanol–water partition coefficient (Wildman–Crippen LogP) is -4.08. The molecule has 0 fully saturated rings. The smallest absolute Gasteiger partial charge is 0.326 e. The Morgan fingerprint density at radius 2 is 0.911 bits per heavy atom. The Hall–Kier alpha value is -9.13. The Morgan fingerprint density at radius 3 is 1.41 bits per heavy atom. The fraction of sp³-hybridized carbons (Fsp3) is 0.585. The van der Waals surface area contributed by atoms with Gasteiger partial charge >= 0.3 is 11.9 Å². The van der Waals surface area contributed by atoms with Gasteiger partial charge in [-0.3, -0.25) is 67.1 Å². The van der Waals surface area contributed by atoms with Crippen molar-refractivity contribution in [2.24, 2.45) is 35.0 Å². The van der Waals surface area contributed by atoms with E-state index in [2.05, 4.69) is 89.1 Å². The predicted molar refractivity (Wildman–Crippen MR) is 374 cm³/mol. The number of phenols is 1. The van der Waals surface area contributed by atoms with Gasteiger partial charge in [0.05, 0.1) is 25.1 Å². The number of amides is 13. The van der Waals surface area contributed by atoms with Crippen molar-refractivity contribution in [1.82, 2.24) is 63.8 Å². The van der Waals surface area contributed by atoms with Crippen LogP contribution in [-0.2, 0) is 84.8 Å². The number of primary amides is 1. The Labute approximate surface area is 596 Å². The van der Waals surface area contributed by atoms with E-state index in [-0.39, 0.29) is 54.6 Å². The molecule has 13 amide bonds. The number of unbranched alkanes of at least 4 members (excludes halogenated alkanes) is 1. The number of aliphatic hydroxyl groups excluding tert-OH is 1. The minimum atomic E-state index is -2.09. The number of nitrogens with two attached hydrogens (primary N) is 3. The van der Waals surface area contributed by atoms with Gasteiger partial charge in [0.25, 0.3) is 0 Å². The van der Waals surface area contributed by atoms with Crippen LogP contribution in [-0.4, -0.2) is 212 Å². The monoisotopic (exact) mass is 1460 g/mol. The van der Waals surface area contributed by atoms with Crippen molar-refractivity contribution in [2.45, 2.75) is 198 Å². The van der Waals surface area contributed by atoms with Gasteiger partial charge in [0.15, 0.2) is 0 Å². The van der Waals surface area contributed by atoms with Crippen molar-refractivity contribution in [3.8, 4) is 5.75 Å². The average Bonchev–Trinajstić information content (AvgIpc) is 0.853. The molecule has 0 spiro atoms. The minimum absolute atomic E-state index is 0.0213. The highest BCUT2D eigenvalue weighted by atomic mass is 32.1. The van der Waals surface area contributed by atoms with Crippen molar-refractivity contribution in [1.29, 1.82) is 0 Å². The number of carbonyl (C=O) groups is 15. The lowest BCUT2D eigenvalue weighted by Gasteiger charge is -2.29. The third-order valence-electron chi connectivity index (χ3n) is 15.3. The summed E-state index contributed by atoms with van der Waals surface area (Å²) in [7, 11) is 0. The highest BCUT2D eigenvalue weighted by Gasteiger charge is 2.38. The zero-order chi connectivity index (χ0) is 76.4. The van der Waals surface area contributed by atoms with E-state index in [4.69, 9.17) is 17.2 Å². The van der Waals surface area contributed by atoms with Crippen LogP contribution < -0.4 is 81.0 Å². The van der Waals surface area contributed by atoms with Gasteiger partial charge < -0.3 is 101 Å². The maximum absolute atomic E-state index is 14.4. The Balaban J connectivity index is 2.42. The van der Waals surface area contributed by atoms with Gasteiger partial charge in [0.1, 0.15) is 72.2 Å². The van der Waals surface area contributed by atoms with E-state index in [1.165, 1.54) is 31.2 Å². The molecule has 0 unspecified atom stereocenters. The number of carboxylic acid groups (broad SMARTS) is 2. The standard InChI is InChI=1S/C65H101N15O19S2/c1-32(2)24-43(57(90)70-35(7)54(87)69-29-50(84)71-42(65(98)99)16-12-13-23-66)77-63(96)52(34(5)6)79-62(95)48(31-101)78-59(92)46(27-38-17-19-39(82)20-18-38)75-60(93)47(28-51(85)86)76-56(89)41(21-22-49(68)83)72-64(97)53(36(8)81)80-61(94)44(25-33(3)4)74-58(91)45(73-55(88)40(67)30-100)26-37-14-10-9-11-15-37/h9-11,14-15,17-20,32-36,40-48,52-53,81-82,100-101H,12-13,16,21-31,66-67H2,1-8H3,(H2,68,83)(H,69,87)(H,70,90)(H,71,84)(H,72,97)(H,73,88)(H,74,91)(H,75,93)(H,76,89)(H,77,96)(H,78,92)(H,79,95)(H,80,94)(H,85,86)(H,98,99)/t35-,36+,40-,41-,42-,43-,44-,45-,46-,47-,48-,52-,53-/m0/s1. The summed E-state index contributed by atoms with van der Waals surface area (Å²) >= 11 is 8.33. The van der Waals surface area contributed by atoms with E-state index < -0.39 is 211 Å². The number of nitrogens with one attached hydrogen (secondary N) is 12. The molecular weight excluding hydrogens is 1360 g/mol. The van der Waals surface area contributed by atoms with E-state index in [0.717, 1.165) is 6.92 Å². The summed E-state index contributed by atoms with van der Waals surface area (Å²) in [6.45, 7) is 12.1. The van der Waals surface area contributed by atoms with Crippen molar-refractivity contribution < 1.29 is 92.3 Å². The van der Waals surface area contributed by atoms with Gasteiger partial charge in [-0.25, -0.2) is 4.79 Å². The van der Waals surface area contributed by atoms with Crippen LogP contribution in [0.25, 0.3) is 0 Å². The van der Waals surface area contributed by atoms with Crippen LogP contribution in [0, 0.1) is 17.8 Å². The first-order chi connectivity index (χ1) is 47.4. The lowest BCUT2D eigenvalue weighted by Crippen LogP contribution is -2.62. The molecule has 0 radical (unpaired) electrons. The summed E-state index contributed by atoms with van der Waals surface area (Å²) in [5, 5.41) is 69.7. The Morgan fingerprint density at radius 1 is 0.465 bits per heavy atom. The number of aromatic hydroxyl groups is 1. The molecule has 0 aliphatic carbocycles. The largest absolute Gasteiger partial charge is 0.508 e. The first-order valence-corrected chi connectivity index (χ1v) is 34.2. The van der Waals surface area contributed by atoms with Crippen LogP contribution >= 0.6 is 25.3 Å². The molecule has 2 aromatic rings. The van der Waals surface area contributed by atoms with Crippen LogP contribution in [0.3, 0.4) is 0 Å². The summed E-state index contributed by atoms with van der Waals surface area (Å²) in [5.74, 6) is -17.8. The molecular formula is C65H101N15O19S2. The molecule has 2 rings (SSSR count). The maximum Gasteiger partial charge on any atom is 0.326 e. The minimum Gasteiger partial charge on any atom is -0.508 e. The number of rotatable bonds is 46. The molecule has 0 aliphatic heterocycles. The number of carboxylic acids is 2. The zero-order valence-corrected chi connectivity index (χ0v) is 59.7. The summed E-state index contributed by atoms with van der Waals surface area (Å²) < 4.78 is 0. The van der Waals surface area contributed by atoms with Gasteiger partial charge in [0, 0.05) is 30.8 Å². The molecule has 562 valence electrons. The lowest BCUT2D eigenvalue weighted by atomic mass is 9.99. The summed E-state index contributed by atoms with van der Waals surface area (Å²) in [6.07, 6.45) is -3.59. The second-order valence-electron chi connectivity index (χ2n) is 25.5. The zero-order valence-electron chi connectivity index (χ0n) is 57.9. The normalized spacial score (nSPS) is 15.0. The second-order valence-corrected chi connectivity index (χ2v) is 26.2. The fourth-order valence-corrected chi connectivity index (χ4v) is 10.2. The van der Waals surface area contributed by atoms with Crippen LogP contribution in [0.1, 0.15) is 118 Å². The van der Waals surface area contributed by atoms with Crippen molar-refractivity contribution in [3.05, 3.63) is 65.7 Å². The number of benzene rings is 2. The van der Waals surface area contributed by atoms with E-state index in [1.54, 1.807) is 71.9 Å². The number of carbonyl (C=O) groups excluding carboxylic acids is 13. The van der Waals surface area contributed by atoms with Gasteiger partial charge in [-0.1, -0.05) is 84.0 Å². The number of hydrogen-bond donors (Lipinski definition) is 21. The third-order valence-corrected chi connectivity index (χ3v) is 16.1. The van der Waals surface area contributed by atoms with Gasteiger partial charge in [-0.05, 0) is 99.9 Å². The number of phenolic OH excluding ortho intramolecular Hbond substituents is 1. The SMILES string of the molecule is CC(C)C[C@H](NC(=O)[C@H](Cc1ccccc1)NC(=O)[C@@H](N)CS)C(=O)N[C@H](C(=O)N[C@@H](CCC(N)=O)C(=O)N[C@@H](CC(=O)O)C(=O)N[C@@H](Cc1ccc(O)cc1)C(=O)N[C@@H](CS)C(=O)N[C@H](C(=O)N[C@@H](CC(C)C)C(=O)N[C@@H](C)C(=O)NCC(=O)N[C@@H](CCCCN)C(=O)O)C(C)C)[C@@H](C)O. The summed E-state index contributed by atoms with van der Waals surface area (Å²) in [4.78, 5) is 202. The molecule has 13 atom stereocenters. The Kier molecular flexibility index (Phi) is 39.1. The summed E-state index contributed by atoms with van der Waals surface area (Å²) in [6, 6.07) is -4.43. The van der Waals surface area contributed by atoms with Crippen LogP contribution in [0.5, 0.6) is 5.75 Å². The number of thiol groups is 2. The van der Waals surface area contributed by atoms with Crippen LogP contribution in [0.4, 0.5) is 0 Å². The molecule has 2 aromatic carbocycles. The fourth-order valence-electron chi connectivity index (χ4n) is 9.79. The number of aliphatic hydroxyl groups is 1. The second kappa shape index (κ2) is 44.9. The molecule has 101 heavy (non-hydrogen) atoms. The lowest BCUT2D eigenvalue weighted by molar-refractivity contribution is -0.142. The Bertz CT molecular complexity index is 3150. The first kappa shape index (κ1) is 88.0. The molecule has 0 aliphatic rings. The maximum atomic E-state index is 14.4. The topological polar surface area (TPSA) is 559 Å². The molecule has 22 N–H and O–H groups in total. The number of hydrogen-bond acceptors (Lipinski definition) is 21. The van der Waals surface area contributed by atoms with Gasteiger partial charge in [0.2, 0.25) is 76.8 Å². The molecule has 0 aromatic heterocycles. The number of aliphatic carboxylic acids is 2. The van der Waals surface area contributed by atoms with Gasteiger partial charge in [-0.15, -0.1) is 0 Å². The molecule has 0 saturated carbocycles. The van der Waals surface area contributed by atoms with Crippen LogP contribution in [0.15, 0.2) is 54.6 Å². The van der Waals surface area contributed by atoms with Gasteiger partial charge in [-0.2, -0.15) is 25.3 Å². The third kappa shape index (κ3) is 32.8. The van der Waals surface area contributed by atoms with E-state index >= 15 is 0 Å². The highest BCUT2D eigenvalue weighted by molar-refractivity contribution is 7.80. The molecule has 34 nitrogen and oxygen atoms in total. The molecule has 0 saturated heterocycles. The average molecular weight is 1460 g/mol. The summed E-state index contributed by atoms with van der Waals surface area (Å²) in [5.41, 5.74) is 17.7. The highest BCUT2D eigenvalue weighted by Crippen LogP contribution is 2.16. The molecule has 0 bridgehead atoms. The quantitative estimate of drug-likeness (QED) is 0.0221. The molecule has 36 heteroatoms. The van der Waals surface area contributed by atoms with E-state index in [1.807, 2.05) is 0 Å². The van der Waals surface area contributed by atoms with Crippen molar-refractivity contribution >= 4 is 114 Å². The van der Waals surface area contributed by atoms with Crippen LogP contribution in [0.2, 0.25) is 0 Å². The van der Waals surface area contributed by atoms with Crippen molar-refractivity contribution in [2.75, 3.05) is 24.6 Å². The van der Waals surface area contributed by atoms with E-state index in [9.17, 15) is 92.3 Å². The van der Waals surface area contributed by atoms with Crippen molar-refractivity contribution in [3.63, 3.8) is 0 Å². The van der Waals surface area contributed by atoms with E-state index in [0.29, 0.717) is 24.9 Å².